The molecule has 0 radical (unpaired) electrons. The molecule has 0 N–H and O–H groups in total. The van der Waals surface area contributed by atoms with Crippen LogP contribution in [0.1, 0.15) is 53.4 Å². The third kappa shape index (κ3) is 4.05. The third-order valence-electron chi connectivity index (χ3n) is 5.34. The summed E-state index contributed by atoms with van der Waals surface area (Å²) in [5, 5.41) is 0. The molecule has 2 rings (SSSR count). The zero-order chi connectivity index (χ0) is 14.2. The van der Waals surface area contributed by atoms with Crippen molar-refractivity contribution < 1.29 is 4.79 Å². The number of hydrogen-bond acceptors (Lipinski definition) is 2. The van der Waals surface area contributed by atoms with Gasteiger partial charge in [0.25, 0.3) is 0 Å². The first-order valence-electron chi connectivity index (χ1n) is 7.98. The highest BCUT2D eigenvalue weighted by Crippen LogP contribution is 2.40. The molecule has 2 nitrogen and oxygen atoms in total. The van der Waals surface area contributed by atoms with Crippen molar-refractivity contribution in [3.05, 3.63) is 0 Å². The van der Waals surface area contributed by atoms with Crippen LogP contribution in [0.5, 0.6) is 0 Å². The Morgan fingerprint density at radius 2 is 1.84 bits per heavy atom. The Bertz CT molecular complexity index is 331. The Hall–Kier alpha value is -0.370. The van der Waals surface area contributed by atoms with Crippen LogP contribution in [0.15, 0.2) is 0 Å². The Balaban J connectivity index is 1.84. The van der Waals surface area contributed by atoms with Gasteiger partial charge in [0, 0.05) is 25.4 Å². The van der Waals surface area contributed by atoms with Gasteiger partial charge in [0.1, 0.15) is 5.78 Å². The molecule has 0 spiro atoms. The summed E-state index contributed by atoms with van der Waals surface area (Å²) in [5.41, 5.74) is 0.350. The standard InChI is InChI=1S/C17H31NO/c1-12-8-13(12)10-18(5)11-14-9-15(17(2,3)4)6-7-16(14)19/h12-15H,6-11H2,1-5H3. The van der Waals surface area contributed by atoms with Crippen LogP contribution in [0, 0.1) is 29.1 Å². The van der Waals surface area contributed by atoms with Crippen LogP contribution in [0.4, 0.5) is 0 Å². The van der Waals surface area contributed by atoms with E-state index in [9.17, 15) is 4.79 Å². The number of Topliss-reactive ketones (excluding diaryl/α,β-unsaturated/α-hetero) is 1. The first-order chi connectivity index (χ1) is 8.77. The molecule has 0 aliphatic heterocycles. The van der Waals surface area contributed by atoms with Crippen molar-refractivity contribution in [2.24, 2.45) is 29.1 Å². The fourth-order valence-corrected chi connectivity index (χ4v) is 3.58. The van der Waals surface area contributed by atoms with Gasteiger partial charge in [0.05, 0.1) is 0 Å². The number of ketones is 1. The fourth-order valence-electron chi connectivity index (χ4n) is 3.58. The molecule has 0 aromatic carbocycles. The van der Waals surface area contributed by atoms with Crippen LogP contribution in [0.2, 0.25) is 0 Å². The molecule has 0 saturated heterocycles. The van der Waals surface area contributed by atoms with Gasteiger partial charge >= 0.3 is 0 Å². The lowest BCUT2D eigenvalue weighted by Gasteiger charge is -2.38. The molecule has 0 aromatic heterocycles. The average Bonchev–Trinajstić information content (AvgIpc) is 2.95. The summed E-state index contributed by atoms with van der Waals surface area (Å²) in [6.45, 7) is 11.5. The van der Waals surface area contributed by atoms with E-state index in [2.05, 4.69) is 39.6 Å². The molecule has 2 heteroatoms. The molecular formula is C17H31NO. The van der Waals surface area contributed by atoms with Crippen molar-refractivity contribution in [2.75, 3.05) is 20.1 Å². The molecule has 2 aliphatic carbocycles. The lowest BCUT2D eigenvalue weighted by molar-refractivity contribution is -0.127. The predicted octanol–water partition coefficient (Wildman–Crippen LogP) is 3.61. The van der Waals surface area contributed by atoms with Gasteiger partial charge in [-0.25, -0.2) is 0 Å². The quantitative estimate of drug-likeness (QED) is 0.774. The van der Waals surface area contributed by atoms with Crippen LogP contribution in [-0.4, -0.2) is 30.8 Å². The minimum absolute atomic E-state index is 0.289. The van der Waals surface area contributed by atoms with E-state index in [1.54, 1.807) is 0 Å². The van der Waals surface area contributed by atoms with Gasteiger partial charge in [-0.15, -0.1) is 0 Å². The lowest BCUT2D eigenvalue weighted by atomic mass is 9.68. The number of carbonyl (C=O) groups excluding carboxylic acids is 1. The largest absolute Gasteiger partial charge is 0.305 e. The van der Waals surface area contributed by atoms with Gasteiger partial charge in [0.15, 0.2) is 0 Å². The maximum Gasteiger partial charge on any atom is 0.137 e. The normalized spacial score (nSPS) is 35.8. The molecule has 0 amide bonds. The van der Waals surface area contributed by atoms with Gasteiger partial charge in [-0.3, -0.25) is 4.79 Å². The molecule has 2 fully saturated rings. The van der Waals surface area contributed by atoms with Crippen LogP contribution in [0.25, 0.3) is 0 Å². The Morgan fingerprint density at radius 3 is 2.37 bits per heavy atom. The van der Waals surface area contributed by atoms with Crippen molar-refractivity contribution in [3.63, 3.8) is 0 Å². The molecule has 2 aliphatic rings. The van der Waals surface area contributed by atoms with E-state index in [-0.39, 0.29) is 5.92 Å². The second-order valence-corrected chi connectivity index (χ2v) is 8.19. The van der Waals surface area contributed by atoms with E-state index in [4.69, 9.17) is 0 Å². The summed E-state index contributed by atoms with van der Waals surface area (Å²) >= 11 is 0. The Morgan fingerprint density at radius 1 is 1.21 bits per heavy atom. The van der Waals surface area contributed by atoms with E-state index in [1.807, 2.05) is 0 Å². The molecule has 2 saturated carbocycles. The lowest BCUT2D eigenvalue weighted by Crippen LogP contribution is -2.38. The van der Waals surface area contributed by atoms with Gasteiger partial charge < -0.3 is 4.90 Å². The minimum atomic E-state index is 0.289. The number of nitrogens with zero attached hydrogens (tertiary/aromatic N) is 1. The molecule has 0 aromatic rings. The minimum Gasteiger partial charge on any atom is -0.305 e. The average molecular weight is 265 g/mol. The van der Waals surface area contributed by atoms with Gasteiger partial charge in [-0.1, -0.05) is 27.7 Å². The molecule has 0 heterocycles. The summed E-state index contributed by atoms with van der Waals surface area (Å²) < 4.78 is 0. The summed E-state index contributed by atoms with van der Waals surface area (Å²) in [7, 11) is 2.19. The van der Waals surface area contributed by atoms with E-state index < -0.39 is 0 Å². The van der Waals surface area contributed by atoms with Crippen molar-refractivity contribution in [1.29, 1.82) is 0 Å². The van der Waals surface area contributed by atoms with Crippen molar-refractivity contribution in [1.82, 2.24) is 4.90 Å². The monoisotopic (exact) mass is 265 g/mol. The molecular weight excluding hydrogens is 234 g/mol. The topological polar surface area (TPSA) is 20.3 Å². The zero-order valence-corrected chi connectivity index (χ0v) is 13.4. The molecule has 110 valence electrons. The third-order valence-corrected chi connectivity index (χ3v) is 5.34. The van der Waals surface area contributed by atoms with E-state index in [1.165, 1.54) is 13.0 Å². The molecule has 4 atom stereocenters. The summed E-state index contributed by atoms with van der Waals surface area (Å²) in [6, 6.07) is 0. The smallest absolute Gasteiger partial charge is 0.137 e. The second-order valence-electron chi connectivity index (χ2n) is 8.19. The maximum absolute atomic E-state index is 12.1. The SMILES string of the molecule is CC1CC1CN(C)CC1CC(C(C)(C)C)CCC1=O. The number of carbonyl (C=O) groups is 1. The first-order valence-corrected chi connectivity index (χ1v) is 7.98. The molecule has 0 bridgehead atoms. The Kier molecular flexibility index (Phi) is 4.39. The van der Waals surface area contributed by atoms with Crippen LogP contribution in [0.3, 0.4) is 0 Å². The summed E-state index contributed by atoms with van der Waals surface area (Å²) in [4.78, 5) is 14.5. The predicted molar refractivity (Wildman–Crippen MR) is 80.1 cm³/mol. The van der Waals surface area contributed by atoms with Crippen LogP contribution >= 0.6 is 0 Å². The second kappa shape index (κ2) is 5.55. The highest BCUT2D eigenvalue weighted by molar-refractivity contribution is 5.82. The fraction of sp³-hybridized carbons (Fsp3) is 0.941. The Labute approximate surface area is 118 Å². The van der Waals surface area contributed by atoms with E-state index in [0.717, 1.165) is 37.6 Å². The van der Waals surface area contributed by atoms with Gasteiger partial charge in [-0.2, -0.15) is 0 Å². The summed E-state index contributed by atoms with van der Waals surface area (Å²) in [6.07, 6.45) is 4.39. The van der Waals surface area contributed by atoms with Crippen LogP contribution < -0.4 is 0 Å². The zero-order valence-electron chi connectivity index (χ0n) is 13.4. The van der Waals surface area contributed by atoms with Crippen LogP contribution in [-0.2, 0) is 4.79 Å². The number of rotatable bonds is 4. The first kappa shape index (κ1) is 15.0. The van der Waals surface area contributed by atoms with E-state index in [0.29, 0.717) is 17.1 Å². The van der Waals surface area contributed by atoms with Crippen molar-refractivity contribution in [3.8, 4) is 0 Å². The molecule has 19 heavy (non-hydrogen) atoms. The molecule has 4 unspecified atom stereocenters. The summed E-state index contributed by atoms with van der Waals surface area (Å²) in [5.74, 6) is 3.31. The van der Waals surface area contributed by atoms with Gasteiger partial charge in [0.2, 0.25) is 0 Å². The van der Waals surface area contributed by atoms with E-state index >= 15 is 0 Å². The highest BCUT2D eigenvalue weighted by Gasteiger charge is 2.37. The number of hydrogen-bond donors (Lipinski definition) is 0. The van der Waals surface area contributed by atoms with Crippen molar-refractivity contribution >= 4 is 5.78 Å². The van der Waals surface area contributed by atoms with Crippen molar-refractivity contribution in [2.45, 2.75) is 53.4 Å². The highest BCUT2D eigenvalue weighted by atomic mass is 16.1. The van der Waals surface area contributed by atoms with Gasteiger partial charge in [-0.05, 0) is 49.5 Å². The maximum atomic E-state index is 12.1.